The summed E-state index contributed by atoms with van der Waals surface area (Å²) in [6.07, 6.45) is 0. The molecule has 152 valence electrons. The van der Waals surface area contributed by atoms with Gasteiger partial charge in [0.15, 0.2) is 0 Å². The first-order chi connectivity index (χ1) is 13.7. The second-order valence-corrected chi connectivity index (χ2v) is 7.68. The minimum Gasteiger partial charge on any atom is -0.324 e. The standard InChI is InChI=1S/C22H24FN3O3/c1-12(2)15-6-5-7-16(13(3)4)20(15)25-19(27)11-26-18-9-8-14(23)10-17(18)24-21(28)22(26)29/h5-10,12-13H,11H2,1-4H3,(H,24,28)(H,25,27). The smallest absolute Gasteiger partial charge is 0.317 e. The lowest BCUT2D eigenvalue weighted by molar-refractivity contribution is -0.116. The van der Waals surface area contributed by atoms with Gasteiger partial charge in [0.25, 0.3) is 0 Å². The Morgan fingerprint density at radius 2 is 1.69 bits per heavy atom. The van der Waals surface area contributed by atoms with Gasteiger partial charge in [-0.15, -0.1) is 0 Å². The molecule has 0 aliphatic rings. The Hall–Kier alpha value is -3.22. The van der Waals surface area contributed by atoms with Crippen LogP contribution in [0.5, 0.6) is 0 Å². The van der Waals surface area contributed by atoms with Crippen LogP contribution in [-0.4, -0.2) is 15.5 Å². The van der Waals surface area contributed by atoms with E-state index in [1.807, 2.05) is 45.9 Å². The number of halogens is 1. The number of fused-ring (bicyclic) bond motifs is 1. The molecular weight excluding hydrogens is 373 g/mol. The highest BCUT2D eigenvalue weighted by molar-refractivity contribution is 5.93. The van der Waals surface area contributed by atoms with Gasteiger partial charge < -0.3 is 10.3 Å². The van der Waals surface area contributed by atoms with E-state index >= 15 is 0 Å². The van der Waals surface area contributed by atoms with Crippen LogP contribution in [0.4, 0.5) is 10.1 Å². The first-order valence-corrected chi connectivity index (χ1v) is 9.54. The van der Waals surface area contributed by atoms with E-state index in [0.717, 1.165) is 27.4 Å². The number of aromatic amines is 1. The fraction of sp³-hybridized carbons (Fsp3) is 0.318. The number of H-pyrrole nitrogens is 1. The van der Waals surface area contributed by atoms with Crippen molar-refractivity contribution in [2.75, 3.05) is 5.32 Å². The minimum absolute atomic E-state index is 0.160. The predicted molar refractivity (Wildman–Crippen MR) is 112 cm³/mol. The molecule has 0 aliphatic carbocycles. The van der Waals surface area contributed by atoms with E-state index in [2.05, 4.69) is 10.3 Å². The zero-order chi connectivity index (χ0) is 21.3. The highest BCUT2D eigenvalue weighted by atomic mass is 19.1. The lowest BCUT2D eigenvalue weighted by Gasteiger charge is -2.20. The van der Waals surface area contributed by atoms with E-state index in [4.69, 9.17) is 0 Å². The molecule has 2 N–H and O–H groups in total. The van der Waals surface area contributed by atoms with Gasteiger partial charge in [-0.05, 0) is 41.2 Å². The maximum Gasteiger partial charge on any atom is 0.317 e. The van der Waals surface area contributed by atoms with E-state index in [-0.39, 0.29) is 29.4 Å². The average molecular weight is 397 g/mol. The molecule has 0 aliphatic heterocycles. The molecule has 0 bridgehead atoms. The molecule has 29 heavy (non-hydrogen) atoms. The first kappa shape index (κ1) is 20.5. The van der Waals surface area contributed by atoms with Crippen LogP contribution in [0.25, 0.3) is 11.0 Å². The topological polar surface area (TPSA) is 84.0 Å². The number of nitrogens with one attached hydrogen (secondary N) is 2. The number of rotatable bonds is 5. The Labute approximate surface area is 167 Å². The summed E-state index contributed by atoms with van der Waals surface area (Å²) < 4.78 is 14.6. The highest BCUT2D eigenvalue weighted by Gasteiger charge is 2.18. The van der Waals surface area contributed by atoms with Crippen molar-refractivity contribution in [3.05, 3.63) is 74.0 Å². The molecular formula is C22H24FN3O3. The van der Waals surface area contributed by atoms with Crippen LogP contribution in [0, 0.1) is 5.82 Å². The summed E-state index contributed by atoms with van der Waals surface area (Å²) in [5.41, 5.74) is 1.40. The number of benzene rings is 2. The second-order valence-electron chi connectivity index (χ2n) is 7.68. The average Bonchev–Trinajstić information content (AvgIpc) is 2.65. The van der Waals surface area contributed by atoms with Crippen molar-refractivity contribution in [2.45, 2.75) is 46.1 Å². The molecule has 3 rings (SSSR count). The first-order valence-electron chi connectivity index (χ1n) is 9.54. The van der Waals surface area contributed by atoms with E-state index in [1.165, 1.54) is 12.1 Å². The summed E-state index contributed by atoms with van der Waals surface area (Å²) in [5.74, 6) is -0.598. The predicted octanol–water partition coefficient (Wildman–Crippen LogP) is 3.71. The maximum absolute atomic E-state index is 13.5. The van der Waals surface area contributed by atoms with Crippen LogP contribution in [-0.2, 0) is 11.3 Å². The Balaban J connectivity index is 2.03. The van der Waals surface area contributed by atoms with Gasteiger partial charge in [0, 0.05) is 5.69 Å². The number of para-hydroxylation sites is 1. The van der Waals surface area contributed by atoms with Gasteiger partial charge >= 0.3 is 11.1 Å². The third kappa shape index (κ3) is 4.13. The fourth-order valence-corrected chi connectivity index (χ4v) is 3.43. The maximum atomic E-state index is 13.5. The summed E-state index contributed by atoms with van der Waals surface area (Å²) in [5, 5.41) is 2.93. The second kappa shape index (κ2) is 8.03. The normalized spacial score (nSPS) is 11.4. The van der Waals surface area contributed by atoms with Crippen LogP contribution in [0.1, 0.15) is 50.7 Å². The third-order valence-electron chi connectivity index (χ3n) is 4.88. The number of nitrogens with zero attached hydrogens (tertiary/aromatic N) is 1. The van der Waals surface area contributed by atoms with Crippen molar-refractivity contribution >= 4 is 22.6 Å². The van der Waals surface area contributed by atoms with Crippen LogP contribution < -0.4 is 16.4 Å². The van der Waals surface area contributed by atoms with E-state index in [1.54, 1.807) is 0 Å². The Kier molecular flexibility index (Phi) is 5.68. The van der Waals surface area contributed by atoms with Crippen molar-refractivity contribution in [1.29, 1.82) is 0 Å². The van der Waals surface area contributed by atoms with E-state index in [9.17, 15) is 18.8 Å². The highest BCUT2D eigenvalue weighted by Crippen LogP contribution is 2.32. The zero-order valence-corrected chi connectivity index (χ0v) is 16.9. The Bertz CT molecular complexity index is 1170. The van der Waals surface area contributed by atoms with Crippen molar-refractivity contribution < 1.29 is 9.18 Å². The number of carbonyl (C=O) groups is 1. The lowest BCUT2D eigenvalue weighted by Crippen LogP contribution is -2.39. The Morgan fingerprint density at radius 1 is 1.07 bits per heavy atom. The summed E-state index contributed by atoms with van der Waals surface area (Å²) >= 11 is 0. The van der Waals surface area contributed by atoms with Crippen LogP contribution >= 0.6 is 0 Å². The van der Waals surface area contributed by atoms with Crippen LogP contribution in [0.15, 0.2) is 46.0 Å². The zero-order valence-electron chi connectivity index (χ0n) is 16.9. The molecule has 1 amide bonds. The van der Waals surface area contributed by atoms with Gasteiger partial charge in [0.1, 0.15) is 12.4 Å². The number of aromatic nitrogens is 2. The van der Waals surface area contributed by atoms with Gasteiger partial charge in [0.05, 0.1) is 11.0 Å². The summed E-state index contributed by atoms with van der Waals surface area (Å²) in [4.78, 5) is 39.5. The number of carbonyl (C=O) groups excluding carboxylic acids is 1. The van der Waals surface area contributed by atoms with Gasteiger partial charge in [0.2, 0.25) is 5.91 Å². The summed E-state index contributed by atoms with van der Waals surface area (Å²) in [7, 11) is 0. The monoisotopic (exact) mass is 397 g/mol. The van der Waals surface area contributed by atoms with E-state index in [0.29, 0.717) is 0 Å². The molecule has 2 aromatic carbocycles. The van der Waals surface area contributed by atoms with Gasteiger partial charge in [-0.2, -0.15) is 0 Å². The van der Waals surface area contributed by atoms with Crippen LogP contribution in [0.3, 0.4) is 0 Å². The molecule has 0 unspecified atom stereocenters. The van der Waals surface area contributed by atoms with E-state index < -0.39 is 22.8 Å². The number of anilines is 1. The number of hydrogen-bond donors (Lipinski definition) is 2. The minimum atomic E-state index is -0.902. The van der Waals surface area contributed by atoms with Gasteiger partial charge in [-0.25, -0.2) is 4.39 Å². The largest absolute Gasteiger partial charge is 0.324 e. The van der Waals surface area contributed by atoms with Crippen molar-refractivity contribution in [1.82, 2.24) is 9.55 Å². The number of amides is 1. The summed E-state index contributed by atoms with van der Waals surface area (Å²) in [6, 6.07) is 9.56. The molecule has 1 heterocycles. The molecule has 0 saturated heterocycles. The van der Waals surface area contributed by atoms with Crippen molar-refractivity contribution in [2.24, 2.45) is 0 Å². The summed E-state index contributed by atoms with van der Waals surface area (Å²) in [6.45, 7) is 7.81. The molecule has 1 aromatic heterocycles. The SMILES string of the molecule is CC(C)c1cccc(C(C)C)c1NC(=O)Cn1c(=O)c(=O)[nH]c2cc(F)ccc21. The fourth-order valence-electron chi connectivity index (χ4n) is 3.43. The quantitative estimate of drug-likeness (QED) is 0.644. The third-order valence-corrected chi connectivity index (χ3v) is 4.88. The van der Waals surface area contributed by atoms with Crippen molar-refractivity contribution in [3.63, 3.8) is 0 Å². The molecule has 6 nitrogen and oxygen atoms in total. The number of hydrogen-bond acceptors (Lipinski definition) is 3. The van der Waals surface area contributed by atoms with Gasteiger partial charge in [-0.3, -0.25) is 19.0 Å². The molecule has 0 radical (unpaired) electrons. The van der Waals surface area contributed by atoms with Crippen molar-refractivity contribution in [3.8, 4) is 0 Å². The molecule has 0 spiro atoms. The molecule has 3 aromatic rings. The molecule has 7 heteroatoms. The van der Waals surface area contributed by atoms with Gasteiger partial charge in [-0.1, -0.05) is 45.9 Å². The molecule has 0 fully saturated rings. The lowest BCUT2D eigenvalue weighted by atomic mass is 9.92. The Morgan fingerprint density at radius 3 is 2.28 bits per heavy atom. The molecule has 0 atom stereocenters. The van der Waals surface area contributed by atoms with Crippen LogP contribution in [0.2, 0.25) is 0 Å². The molecule has 0 saturated carbocycles.